The molecule has 2 aliphatic rings. The Labute approximate surface area is 65.5 Å². The number of hydrogen-bond donors (Lipinski definition) is 2. The third-order valence-corrected chi connectivity index (χ3v) is 2.19. The van der Waals surface area contributed by atoms with Crippen LogP contribution < -0.4 is 5.32 Å². The van der Waals surface area contributed by atoms with Crippen LogP contribution in [0.15, 0.2) is 0 Å². The predicted octanol–water partition coefficient (Wildman–Crippen LogP) is -0.916. The van der Waals surface area contributed by atoms with Gasteiger partial charge in [0.15, 0.2) is 5.79 Å². The van der Waals surface area contributed by atoms with Crippen LogP contribution in [0.3, 0.4) is 0 Å². The topological polar surface area (TPSA) is 50.7 Å². The second-order valence-electron chi connectivity index (χ2n) is 3.07. The smallest absolute Gasteiger partial charge is 0.182 e. The summed E-state index contributed by atoms with van der Waals surface area (Å²) in [7, 11) is 0. The summed E-state index contributed by atoms with van der Waals surface area (Å²) in [6, 6.07) is 0. The maximum Gasteiger partial charge on any atom is 0.182 e. The summed E-state index contributed by atoms with van der Waals surface area (Å²) < 4.78 is 11.0. The van der Waals surface area contributed by atoms with Gasteiger partial charge in [0.1, 0.15) is 6.10 Å². The molecule has 0 aliphatic carbocycles. The minimum atomic E-state index is -0.409. The molecule has 2 heterocycles. The van der Waals surface area contributed by atoms with Gasteiger partial charge in [0.25, 0.3) is 0 Å². The highest BCUT2D eigenvalue weighted by Gasteiger charge is 2.43. The van der Waals surface area contributed by atoms with Crippen LogP contribution in [0.1, 0.15) is 6.42 Å². The van der Waals surface area contributed by atoms with Gasteiger partial charge in [0.05, 0.1) is 13.2 Å². The molecule has 2 unspecified atom stereocenters. The fourth-order valence-electron chi connectivity index (χ4n) is 1.58. The second kappa shape index (κ2) is 2.71. The lowest BCUT2D eigenvalue weighted by atomic mass is 10.2. The van der Waals surface area contributed by atoms with Gasteiger partial charge in [0, 0.05) is 19.5 Å². The molecule has 0 aromatic carbocycles. The quantitative estimate of drug-likeness (QED) is 0.519. The van der Waals surface area contributed by atoms with E-state index in [-0.39, 0.29) is 12.7 Å². The first-order chi connectivity index (χ1) is 5.35. The van der Waals surface area contributed by atoms with Gasteiger partial charge < -0.3 is 19.9 Å². The fraction of sp³-hybridized carbons (Fsp3) is 1.00. The molecule has 2 N–H and O–H groups in total. The zero-order valence-electron chi connectivity index (χ0n) is 6.38. The van der Waals surface area contributed by atoms with Crippen molar-refractivity contribution in [3.05, 3.63) is 0 Å². The molecule has 11 heavy (non-hydrogen) atoms. The maximum atomic E-state index is 8.78. The Morgan fingerprint density at radius 2 is 2.55 bits per heavy atom. The fourth-order valence-corrected chi connectivity index (χ4v) is 1.58. The SMILES string of the molecule is OCC1COC2(CCNC2)O1. The minimum Gasteiger partial charge on any atom is -0.394 e. The molecule has 2 fully saturated rings. The van der Waals surface area contributed by atoms with E-state index >= 15 is 0 Å². The van der Waals surface area contributed by atoms with Gasteiger partial charge in [-0.2, -0.15) is 0 Å². The molecule has 2 saturated heterocycles. The van der Waals surface area contributed by atoms with Crippen molar-refractivity contribution in [2.45, 2.75) is 18.3 Å². The summed E-state index contributed by atoms with van der Waals surface area (Å²) in [6.07, 6.45) is 0.777. The van der Waals surface area contributed by atoms with Crippen molar-refractivity contribution in [3.8, 4) is 0 Å². The highest BCUT2D eigenvalue weighted by molar-refractivity contribution is 4.86. The van der Waals surface area contributed by atoms with Crippen LogP contribution >= 0.6 is 0 Å². The van der Waals surface area contributed by atoms with E-state index in [1.165, 1.54) is 0 Å². The van der Waals surface area contributed by atoms with E-state index in [0.29, 0.717) is 6.61 Å². The van der Waals surface area contributed by atoms with Crippen LogP contribution in [-0.2, 0) is 9.47 Å². The van der Waals surface area contributed by atoms with E-state index in [1.807, 2.05) is 0 Å². The lowest BCUT2D eigenvalue weighted by Crippen LogP contribution is -2.33. The first-order valence-electron chi connectivity index (χ1n) is 3.98. The monoisotopic (exact) mass is 159 g/mol. The summed E-state index contributed by atoms with van der Waals surface area (Å²) >= 11 is 0. The molecule has 0 aromatic rings. The van der Waals surface area contributed by atoms with Gasteiger partial charge in [-0.3, -0.25) is 0 Å². The number of rotatable bonds is 1. The molecule has 4 heteroatoms. The van der Waals surface area contributed by atoms with Gasteiger partial charge in [-0.05, 0) is 0 Å². The van der Waals surface area contributed by atoms with E-state index in [4.69, 9.17) is 14.6 Å². The molecule has 64 valence electrons. The van der Waals surface area contributed by atoms with Crippen molar-refractivity contribution in [2.75, 3.05) is 26.3 Å². The van der Waals surface area contributed by atoms with Gasteiger partial charge in [0.2, 0.25) is 0 Å². The normalized spacial score (nSPS) is 43.9. The third kappa shape index (κ3) is 1.27. The molecule has 4 nitrogen and oxygen atoms in total. The van der Waals surface area contributed by atoms with Gasteiger partial charge in [-0.25, -0.2) is 0 Å². The molecule has 2 atom stereocenters. The van der Waals surface area contributed by atoms with Crippen molar-refractivity contribution in [1.29, 1.82) is 0 Å². The van der Waals surface area contributed by atoms with Crippen molar-refractivity contribution >= 4 is 0 Å². The molecular weight excluding hydrogens is 146 g/mol. The Morgan fingerprint density at radius 3 is 3.09 bits per heavy atom. The predicted molar refractivity (Wildman–Crippen MR) is 38.1 cm³/mol. The summed E-state index contributed by atoms with van der Waals surface area (Å²) in [5.74, 6) is -0.409. The average molecular weight is 159 g/mol. The Balaban J connectivity index is 1.96. The molecule has 0 bridgehead atoms. The number of aliphatic hydroxyl groups is 1. The standard InChI is InChI=1S/C7H13NO3/c9-3-6-4-10-7(11-6)1-2-8-5-7/h6,8-9H,1-5H2. The number of nitrogens with one attached hydrogen (secondary N) is 1. The van der Waals surface area contributed by atoms with E-state index in [1.54, 1.807) is 0 Å². The van der Waals surface area contributed by atoms with E-state index in [2.05, 4.69) is 5.32 Å². The van der Waals surface area contributed by atoms with E-state index in [9.17, 15) is 0 Å². The number of hydrogen-bond acceptors (Lipinski definition) is 4. The van der Waals surface area contributed by atoms with Crippen LogP contribution in [0.25, 0.3) is 0 Å². The average Bonchev–Trinajstić information content (AvgIpc) is 2.62. The van der Waals surface area contributed by atoms with Crippen LogP contribution in [0.2, 0.25) is 0 Å². The first kappa shape index (κ1) is 7.49. The summed E-state index contributed by atoms with van der Waals surface area (Å²) in [5, 5.41) is 12.0. The van der Waals surface area contributed by atoms with Crippen LogP contribution in [0.4, 0.5) is 0 Å². The lowest BCUT2D eigenvalue weighted by Gasteiger charge is -2.20. The molecule has 0 amide bonds. The molecular formula is C7H13NO3. The van der Waals surface area contributed by atoms with Crippen molar-refractivity contribution in [3.63, 3.8) is 0 Å². The minimum absolute atomic E-state index is 0.0573. The molecule has 2 aliphatic heterocycles. The van der Waals surface area contributed by atoms with Crippen LogP contribution in [0, 0.1) is 0 Å². The summed E-state index contributed by atoms with van der Waals surface area (Å²) in [4.78, 5) is 0. The van der Waals surface area contributed by atoms with E-state index in [0.717, 1.165) is 19.5 Å². The summed E-state index contributed by atoms with van der Waals surface area (Å²) in [5.41, 5.74) is 0. The lowest BCUT2D eigenvalue weighted by molar-refractivity contribution is -0.155. The first-order valence-corrected chi connectivity index (χ1v) is 3.98. The molecule has 0 radical (unpaired) electrons. The van der Waals surface area contributed by atoms with Gasteiger partial charge in [-0.15, -0.1) is 0 Å². The third-order valence-electron chi connectivity index (χ3n) is 2.19. The van der Waals surface area contributed by atoms with Crippen molar-refractivity contribution in [1.82, 2.24) is 5.32 Å². The zero-order valence-corrected chi connectivity index (χ0v) is 6.38. The van der Waals surface area contributed by atoms with Crippen LogP contribution in [-0.4, -0.2) is 43.3 Å². The Morgan fingerprint density at radius 1 is 1.64 bits per heavy atom. The largest absolute Gasteiger partial charge is 0.394 e. The summed E-state index contributed by atoms with van der Waals surface area (Å²) in [6.45, 7) is 2.28. The number of ether oxygens (including phenoxy) is 2. The Bertz CT molecular complexity index is 145. The Kier molecular flexibility index (Phi) is 1.85. The Hall–Kier alpha value is -0.160. The van der Waals surface area contributed by atoms with E-state index < -0.39 is 5.79 Å². The maximum absolute atomic E-state index is 8.78. The van der Waals surface area contributed by atoms with Crippen molar-refractivity contribution < 1.29 is 14.6 Å². The van der Waals surface area contributed by atoms with Gasteiger partial charge in [-0.1, -0.05) is 0 Å². The number of aliphatic hydroxyl groups excluding tert-OH is 1. The molecule has 2 rings (SSSR count). The van der Waals surface area contributed by atoms with Crippen LogP contribution in [0.5, 0.6) is 0 Å². The highest BCUT2D eigenvalue weighted by atomic mass is 16.7. The zero-order chi connectivity index (χ0) is 7.73. The van der Waals surface area contributed by atoms with Gasteiger partial charge >= 0.3 is 0 Å². The highest BCUT2D eigenvalue weighted by Crippen LogP contribution is 2.28. The molecule has 0 saturated carbocycles. The van der Waals surface area contributed by atoms with Crippen molar-refractivity contribution in [2.24, 2.45) is 0 Å². The molecule has 1 spiro atoms. The second-order valence-corrected chi connectivity index (χ2v) is 3.07. The molecule has 0 aromatic heterocycles.